The molecular weight excluding hydrogens is 300 g/mol. The molecule has 0 amide bonds. The van der Waals surface area contributed by atoms with Crippen LogP contribution in [0.5, 0.6) is 0 Å². The smallest absolute Gasteiger partial charge is 0.155 e. The fourth-order valence-corrected chi connectivity index (χ4v) is 6.93. The molecule has 4 aliphatic rings. The fourth-order valence-electron chi connectivity index (χ4n) is 6.93. The fraction of sp³-hybridized carbons (Fsp3) is 0.762. The lowest BCUT2D eigenvalue weighted by Gasteiger charge is -2.60. The predicted molar refractivity (Wildman–Crippen MR) is 91.9 cm³/mol. The van der Waals surface area contributed by atoms with E-state index in [1.165, 1.54) is 5.57 Å². The van der Waals surface area contributed by atoms with Crippen molar-refractivity contribution in [1.82, 2.24) is 0 Å². The Hall–Kier alpha value is -1.11. The molecule has 0 saturated heterocycles. The molecule has 4 rings (SSSR count). The molecule has 7 atom stereocenters. The van der Waals surface area contributed by atoms with Gasteiger partial charge in [-0.05, 0) is 67.8 Å². The van der Waals surface area contributed by atoms with Gasteiger partial charge in [-0.1, -0.05) is 25.3 Å². The van der Waals surface area contributed by atoms with Crippen molar-refractivity contribution in [1.29, 1.82) is 0 Å². The number of hydrogen-bond acceptors (Lipinski definition) is 3. The van der Waals surface area contributed by atoms with Gasteiger partial charge in [0.2, 0.25) is 0 Å². The van der Waals surface area contributed by atoms with Gasteiger partial charge in [0.05, 0.1) is 6.10 Å². The van der Waals surface area contributed by atoms with E-state index in [4.69, 9.17) is 6.42 Å². The number of carbonyl (C=O) groups excluding carboxylic acids is 1. The summed E-state index contributed by atoms with van der Waals surface area (Å²) in [5, 5.41) is 22.1. The molecule has 0 bridgehead atoms. The van der Waals surface area contributed by atoms with Gasteiger partial charge in [0.15, 0.2) is 5.78 Å². The van der Waals surface area contributed by atoms with Gasteiger partial charge in [0.25, 0.3) is 0 Å². The summed E-state index contributed by atoms with van der Waals surface area (Å²) in [5.74, 6) is 3.82. The molecule has 24 heavy (non-hydrogen) atoms. The summed E-state index contributed by atoms with van der Waals surface area (Å²) in [6, 6.07) is 0. The SMILES string of the molecule is C#C[C@]1(O)CC[C@@H]2[C@@H]3CCC4=CC(=O)CC[C@]4(C)[C@@H]3[C@@H](O)C[C@@]21C. The van der Waals surface area contributed by atoms with Crippen molar-refractivity contribution in [3.05, 3.63) is 11.6 Å². The molecule has 0 aromatic rings. The number of allylic oxidation sites excluding steroid dienone is 1. The van der Waals surface area contributed by atoms with Gasteiger partial charge in [-0.25, -0.2) is 0 Å². The quantitative estimate of drug-likeness (QED) is 0.672. The van der Waals surface area contributed by atoms with Crippen LogP contribution in [-0.4, -0.2) is 27.7 Å². The zero-order valence-corrected chi connectivity index (χ0v) is 14.7. The number of rotatable bonds is 0. The van der Waals surface area contributed by atoms with E-state index in [1.807, 2.05) is 6.08 Å². The second kappa shape index (κ2) is 4.96. The summed E-state index contributed by atoms with van der Waals surface area (Å²) < 4.78 is 0. The predicted octanol–water partition coefficient (Wildman–Crippen LogP) is 2.85. The van der Waals surface area contributed by atoms with Gasteiger partial charge >= 0.3 is 0 Å². The van der Waals surface area contributed by atoms with E-state index in [2.05, 4.69) is 19.8 Å². The van der Waals surface area contributed by atoms with Gasteiger partial charge in [-0.15, -0.1) is 6.42 Å². The lowest BCUT2D eigenvalue weighted by molar-refractivity contribution is -0.155. The highest BCUT2D eigenvalue weighted by atomic mass is 16.3. The standard InChI is InChI=1S/C21H28O3/c1-4-21(24)10-8-16-15-6-5-13-11-14(22)7-9-19(13,2)18(15)17(23)12-20(16,21)3/h1,11,15-18,23-24H,5-10,12H2,2-3H3/t15-,16+,17-,18-,19-,20-,21-/m0/s1. The average molecular weight is 328 g/mol. The minimum atomic E-state index is -1.09. The normalized spacial score (nSPS) is 53.5. The van der Waals surface area contributed by atoms with Crippen LogP contribution in [-0.2, 0) is 4.79 Å². The van der Waals surface area contributed by atoms with E-state index in [1.54, 1.807) is 0 Å². The number of ketones is 1. The first-order chi connectivity index (χ1) is 11.2. The average Bonchev–Trinajstić information content (AvgIpc) is 2.79. The summed E-state index contributed by atoms with van der Waals surface area (Å²) in [7, 11) is 0. The van der Waals surface area contributed by atoms with Crippen molar-refractivity contribution in [2.45, 2.75) is 70.5 Å². The first kappa shape index (κ1) is 16.4. The number of aliphatic hydroxyl groups excluding tert-OH is 1. The topological polar surface area (TPSA) is 57.5 Å². The summed E-state index contributed by atoms with van der Waals surface area (Å²) in [6.07, 6.45) is 12.6. The van der Waals surface area contributed by atoms with Gasteiger partial charge in [0.1, 0.15) is 5.60 Å². The molecule has 3 saturated carbocycles. The molecule has 3 nitrogen and oxygen atoms in total. The summed E-state index contributed by atoms with van der Waals surface area (Å²) in [5.41, 5.74) is -0.324. The van der Waals surface area contributed by atoms with Crippen molar-refractivity contribution in [3.8, 4) is 12.3 Å². The van der Waals surface area contributed by atoms with Gasteiger partial charge in [-0.3, -0.25) is 4.79 Å². The van der Waals surface area contributed by atoms with Gasteiger partial charge in [-0.2, -0.15) is 0 Å². The van der Waals surface area contributed by atoms with E-state index in [0.717, 1.165) is 25.7 Å². The van der Waals surface area contributed by atoms with E-state index >= 15 is 0 Å². The summed E-state index contributed by atoms with van der Waals surface area (Å²) in [4.78, 5) is 11.9. The maximum Gasteiger partial charge on any atom is 0.155 e. The molecule has 0 aromatic carbocycles. The van der Waals surface area contributed by atoms with Crippen molar-refractivity contribution < 1.29 is 15.0 Å². The Morgan fingerprint density at radius 2 is 2.00 bits per heavy atom. The zero-order valence-electron chi connectivity index (χ0n) is 14.7. The number of aliphatic hydroxyl groups is 2. The molecule has 0 radical (unpaired) electrons. The Labute approximate surface area is 144 Å². The lowest BCUT2D eigenvalue weighted by Crippen LogP contribution is -2.59. The second-order valence-electron chi connectivity index (χ2n) is 9.12. The molecule has 0 aliphatic heterocycles. The number of fused-ring (bicyclic) bond motifs is 5. The maximum atomic E-state index is 11.9. The van der Waals surface area contributed by atoms with E-state index in [9.17, 15) is 15.0 Å². The number of carbonyl (C=O) groups is 1. The Kier molecular flexibility index (Phi) is 3.38. The minimum Gasteiger partial charge on any atom is -0.393 e. The Morgan fingerprint density at radius 3 is 2.71 bits per heavy atom. The van der Waals surface area contributed by atoms with Crippen molar-refractivity contribution in [2.75, 3.05) is 0 Å². The van der Waals surface area contributed by atoms with Crippen molar-refractivity contribution >= 4 is 5.78 Å². The highest BCUT2D eigenvalue weighted by Crippen LogP contribution is 2.67. The molecule has 3 heteroatoms. The summed E-state index contributed by atoms with van der Waals surface area (Å²) >= 11 is 0. The third kappa shape index (κ3) is 1.85. The third-order valence-corrected chi connectivity index (χ3v) is 8.29. The first-order valence-electron chi connectivity index (χ1n) is 9.37. The summed E-state index contributed by atoms with van der Waals surface area (Å²) in [6.45, 7) is 4.33. The molecule has 4 aliphatic carbocycles. The molecule has 0 heterocycles. The highest BCUT2D eigenvalue weighted by molar-refractivity contribution is 5.91. The third-order valence-electron chi connectivity index (χ3n) is 8.29. The molecule has 0 spiro atoms. The number of terminal acetylenes is 1. The molecule has 0 unspecified atom stereocenters. The van der Waals surface area contributed by atoms with E-state index in [0.29, 0.717) is 31.1 Å². The van der Waals surface area contributed by atoms with Crippen LogP contribution in [0.15, 0.2) is 11.6 Å². The largest absolute Gasteiger partial charge is 0.393 e. The molecule has 3 fully saturated rings. The second-order valence-corrected chi connectivity index (χ2v) is 9.12. The van der Waals surface area contributed by atoms with Crippen LogP contribution < -0.4 is 0 Å². The molecule has 130 valence electrons. The van der Waals surface area contributed by atoms with E-state index in [-0.39, 0.29) is 17.1 Å². The van der Waals surface area contributed by atoms with E-state index < -0.39 is 17.1 Å². The molecular formula is C21H28O3. The van der Waals surface area contributed by atoms with Crippen LogP contribution in [0.1, 0.15) is 58.8 Å². The Morgan fingerprint density at radius 1 is 1.25 bits per heavy atom. The van der Waals surface area contributed by atoms with Crippen molar-refractivity contribution in [2.24, 2.45) is 28.6 Å². The van der Waals surface area contributed by atoms with Crippen LogP contribution in [0.3, 0.4) is 0 Å². The minimum absolute atomic E-state index is 0.0750. The highest BCUT2D eigenvalue weighted by Gasteiger charge is 2.66. The van der Waals surface area contributed by atoms with Crippen LogP contribution in [0.25, 0.3) is 0 Å². The first-order valence-corrected chi connectivity index (χ1v) is 9.37. The van der Waals surface area contributed by atoms with Crippen LogP contribution in [0.2, 0.25) is 0 Å². The molecule has 0 aromatic heterocycles. The van der Waals surface area contributed by atoms with Crippen LogP contribution >= 0.6 is 0 Å². The lowest BCUT2D eigenvalue weighted by atomic mass is 9.45. The van der Waals surface area contributed by atoms with Gasteiger partial charge in [0, 0.05) is 11.8 Å². The zero-order chi connectivity index (χ0) is 17.3. The van der Waals surface area contributed by atoms with Crippen LogP contribution in [0.4, 0.5) is 0 Å². The maximum absolute atomic E-state index is 11.9. The Bertz CT molecular complexity index is 658. The number of hydrogen-bond donors (Lipinski definition) is 2. The van der Waals surface area contributed by atoms with Gasteiger partial charge < -0.3 is 10.2 Å². The monoisotopic (exact) mass is 328 g/mol. The van der Waals surface area contributed by atoms with Crippen LogP contribution in [0, 0.1) is 40.9 Å². The van der Waals surface area contributed by atoms with Crippen molar-refractivity contribution in [3.63, 3.8) is 0 Å². The molecule has 2 N–H and O–H groups in total. The Balaban J connectivity index is 1.76.